The van der Waals surface area contributed by atoms with Crippen LogP contribution in [0.3, 0.4) is 0 Å². The van der Waals surface area contributed by atoms with Crippen LogP contribution >= 0.6 is 0 Å². The number of fused-ring (bicyclic) bond motifs is 11. The minimum absolute atomic E-state index is 0.566. The lowest BCUT2D eigenvalue weighted by Gasteiger charge is -2.35. The van der Waals surface area contributed by atoms with E-state index < -0.39 is 8.07 Å². The molecule has 10 aromatic carbocycles. The lowest BCUT2D eigenvalue weighted by atomic mass is 9.80. The molecule has 4 nitrogen and oxygen atoms in total. The first-order valence-electron chi connectivity index (χ1n) is 23.2. The van der Waals surface area contributed by atoms with Crippen LogP contribution in [0.1, 0.15) is 0 Å². The van der Waals surface area contributed by atoms with Crippen molar-refractivity contribution in [3.63, 3.8) is 0 Å². The lowest BCUT2D eigenvalue weighted by Crippen LogP contribution is -2.75. The third-order valence-corrected chi connectivity index (χ3v) is 18.6. The van der Waals surface area contributed by atoms with Gasteiger partial charge in [-0.1, -0.05) is 243 Å². The molecule has 0 atom stereocenters. The van der Waals surface area contributed by atoms with E-state index in [4.69, 9.17) is 15.0 Å². The van der Waals surface area contributed by atoms with Crippen LogP contribution < -0.4 is 20.7 Å². The minimum atomic E-state index is -3.05. The fourth-order valence-corrected chi connectivity index (χ4v) is 15.8. The van der Waals surface area contributed by atoms with Crippen molar-refractivity contribution in [2.75, 3.05) is 0 Å². The maximum Gasteiger partial charge on any atom is 0.238 e. The molecule has 1 aliphatic carbocycles. The normalized spacial score (nSPS) is 11.8. The topological polar surface area (TPSA) is 43.6 Å². The summed E-state index contributed by atoms with van der Waals surface area (Å²) in [5.74, 6) is 1.78. The lowest BCUT2D eigenvalue weighted by molar-refractivity contribution is 0.954. The van der Waals surface area contributed by atoms with E-state index in [2.05, 4.69) is 241 Å². The summed E-state index contributed by atoms with van der Waals surface area (Å²) in [6.45, 7) is 0. The standard InChI is InChI=1S/C63H42N4Si/c1-5-22-43(23-6-1)61-64-62(44-40-41-54-52-34-16-15-32-50(52)48-30-13-14-31-49(48)51-33-17-18-35-53(51)57(54)42-44)66-63(65-61)67-58-38-20-19-36-55(58)56-37-21-39-59(60(56)67)68(45-24-7-2-8-25-45,46-26-9-3-10-27-46)47-28-11-4-12-29-47/h1-42H. The van der Waals surface area contributed by atoms with E-state index in [9.17, 15) is 0 Å². The molecular formula is C63H42N4Si. The molecule has 5 heteroatoms. The molecule has 0 saturated carbocycles. The van der Waals surface area contributed by atoms with Gasteiger partial charge in [0.05, 0.1) is 11.0 Å². The summed E-state index contributed by atoms with van der Waals surface area (Å²) < 4.78 is 2.32. The van der Waals surface area contributed by atoms with Gasteiger partial charge < -0.3 is 0 Å². The van der Waals surface area contributed by atoms with E-state index in [1.165, 1.54) is 59.7 Å². The van der Waals surface area contributed by atoms with E-state index in [0.29, 0.717) is 17.6 Å². The summed E-state index contributed by atoms with van der Waals surface area (Å²) in [6, 6.07) is 92.3. The molecule has 68 heavy (non-hydrogen) atoms. The molecule has 12 aromatic rings. The summed E-state index contributed by atoms with van der Waals surface area (Å²) in [5, 5.41) is 7.45. The van der Waals surface area contributed by atoms with Crippen molar-refractivity contribution in [2.24, 2.45) is 0 Å². The summed E-state index contributed by atoms with van der Waals surface area (Å²) >= 11 is 0. The van der Waals surface area contributed by atoms with E-state index in [-0.39, 0.29) is 0 Å². The van der Waals surface area contributed by atoms with E-state index in [0.717, 1.165) is 38.5 Å². The highest BCUT2D eigenvalue weighted by atomic mass is 28.3. The van der Waals surface area contributed by atoms with Crippen molar-refractivity contribution >= 4 is 50.6 Å². The molecule has 0 aliphatic heterocycles. The van der Waals surface area contributed by atoms with Crippen LogP contribution in [0, 0.1) is 0 Å². The van der Waals surface area contributed by atoms with Crippen LogP contribution in [-0.4, -0.2) is 27.6 Å². The number of para-hydroxylation sites is 2. The first kappa shape index (κ1) is 39.6. The maximum atomic E-state index is 5.60. The predicted octanol–water partition coefficient (Wildman–Crippen LogP) is 12.7. The summed E-state index contributed by atoms with van der Waals surface area (Å²) in [4.78, 5) is 16.4. The second kappa shape index (κ2) is 16.3. The van der Waals surface area contributed by atoms with Gasteiger partial charge in [-0.2, -0.15) is 9.97 Å². The average Bonchev–Trinajstić information content (AvgIpc) is 3.77. The van der Waals surface area contributed by atoms with Crippen molar-refractivity contribution in [1.82, 2.24) is 19.5 Å². The van der Waals surface area contributed by atoms with Crippen LogP contribution in [-0.2, 0) is 0 Å². The van der Waals surface area contributed by atoms with E-state index >= 15 is 0 Å². The molecule has 0 spiro atoms. The number of rotatable bonds is 7. The van der Waals surface area contributed by atoms with Crippen LogP contribution in [0.2, 0.25) is 0 Å². The van der Waals surface area contributed by atoms with Crippen molar-refractivity contribution in [2.45, 2.75) is 0 Å². The van der Waals surface area contributed by atoms with Crippen LogP contribution in [0.25, 0.3) is 95.0 Å². The maximum absolute atomic E-state index is 5.60. The molecule has 0 saturated heterocycles. The molecule has 0 radical (unpaired) electrons. The Morgan fingerprint density at radius 2 is 0.706 bits per heavy atom. The Hall–Kier alpha value is -8.77. The van der Waals surface area contributed by atoms with Gasteiger partial charge in [0.2, 0.25) is 5.95 Å². The summed E-state index contributed by atoms with van der Waals surface area (Å²) in [7, 11) is -3.05. The number of benzene rings is 10. The summed E-state index contributed by atoms with van der Waals surface area (Å²) in [6.07, 6.45) is 0. The Balaban J connectivity index is 1.12. The zero-order chi connectivity index (χ0) is 45.0. The van der Waals surface area contributed by atoms with Crippen LogP contribution in [0.15, 0.2) is 255 Å². The predicted molar refractivity (Wildman–Crippen MR) is 284 cm³/mol. The molecule has 0 N–H and O–H groups in total. The van der Waals surface area contributed by atoms with E-state index in [1.54, 1.807) is 0 Å². The third-order valence-electron chi connectivity index (χ3n) is 13.8. The molecule has 13 rings (SSSR count). The molecule has 0 amide bonds. The van der Waals surface area contributed by atoms with Crippen molar-refractivity contribution in [3.05, 3.63) is 255 Å². The second-order valence-electron chi connectivity index (χ2n) is 17.4. The second-order valence-corrected chi connectivity index (χ2v) is 21.2. The zero-order valence-electron chi connectivity index (χ0n) is 37.0. The van der Waals surface area contributed by atoms with Gasteiger partial charge in [-0.25, -0.2) is 4.98 Å². The van der Waals surface area contributed by atoms with Gasteiger partial charge in [0.1, 0.15) is 0 Å². The van der Waals surface area contributed by atoms with Crippen LogP contribution in [0.4, 0.5) is 0 Å². The minimum Gasteiger partial charge on any atom is -0.278 e. The Kier molecular flexibility index (Phi) is 9.48. The SMILES string of the molecule is c1ccc(-c2nc(-c3ccc4c(c3)-c3ccccc3-c3ccccc3-c3ccccc3-4)nc(-n3c4ccccc4c4cccc([Si](c5ccccc5)(c5ccccc5)c5ccccc5)c43)n2)cc1. The average molecular weight is 883 g/mol. The molecule has 0 unspecified atom stereocenters. The molecule has 0 bridgehead atoms. The monoisotopic (exact) mass is 882 g/mol. The number of hydrogen-bond donors (Lipinski definition) is 0. The fourth-order valence-electron chi connectivity index (χ4n) is 10.9. The summed E-state index contributed by atoms with van der Waals surface area (Å²) in [5.41, 5.74) is 13.5. The largest absolute Gasteiger partial charge is 0.278 e. The fraction of sp³-hybridized carbons (Fsp3) is 0. The zero-order valence-corrected chi connectivity index (χ0v) is 38.0. The molecular weight excluding hydrogens is 841 g/mol. The van der Waals surface area contributed by atoms with Gasteiger partial charge in [0.25, 0.3) is 0 Å². The van der Waals surface area contributed by atoms with Gasteiger partial charge in [0, 0.05) is 21.9 Å². The molecule has 1 aliphatic rings. The number of hydrogen-bond acceptors (Lipinski definition) is 3. The highest BCUT2D eigenvalue weighted by Crippen LogP contribution is 2.48. The van der Waals surface area contributed by atoms with Crippen molar-refractivity contribution < 1.29 is 0 Å². The Labute approximate surface area is 396 Å². The van der Waals surface area contributed by atoms with Gasteiger partial charge in [-0.15, -0.1) is 0 Å². The highest BCUT2D eigenvalue weighted by Gasteiger charge is 2.43. The Bertz CT molecular complexity index is 3750. The van der Waals surface area contributed by atoms with E-state index in [1.807, 2.05) is 18.2 Å². The van der Waals surface area contributed by atoms with Crippen molar-refractivity contribution in [3.8, 4) is 73.2 Å². The Morgan fingerprint density at radius 3 is 1.24 bits per heavy atom. The van der Waals surface area contributed by atoms with Gasteiger partial charge in [-0.3, -0.25) is 4.57 Å². The Morgan fingerprint density at radius 1 is 0.294 bits per heavy atom. The first-order chi connectivity index (χ1) is 33.8. The molecule has 318 valence electrons. The number of aromatic nitrogens is 4. The first-order valence-corrected chi connectivity index (χ1v) is 25.2. The third kappa shape index (κ3) is 6.24. The smallest absolute Gasteiger partial charge is 0.238 e. The van der Waals surface area contributed by atoms with Gasteiger partial charge in [0.15, 0.2) is 19.7 Å². The van der Waals surface area contributed by atoms with Crippen molar-refractivity contribution in [1.29, 1.82) is 0 Å². The quantitative estimate of drug-likeness (QED) is 0.118. The molecule has 2 aromatic heterocycles. The van der Waals surface area contributed by atoms with Gasteiger partial charge in [-0.05, 0) is 77.4 Å². The van der Waals surface area contributed by atoms with Gasteiger partial charge >= 0.3 is 0 Å². The number of nitrogens with zero attached hydrogens (tertiary/aromatic N) is 4. The molecule has 0 fully saturated rings. The highest BCUT2D eigenvalue weighted by molar-refractivity contribution is 7.20. The molecule has 2 heterocycles. The van der Waals surface area contributed by atoms with Crippen LogP contribution in [0.5, 0.6) is 0 Å².